The zero-order valence-corrected chi connectivity index (χ0v) is 16.4. The predicted molar refractivity (Wildman–Crippen MR) is 104 cm³/mol. The third-order valence-electron chi connectivity index (χ3n) is 3.54. The van der Waals surface area contributed by atoms with Crippen molar-refractivity contribution in [3.63, 3.8) is 0 Å². The summed E-state index contributed by atoms with van der Waals surface area (Å²) in [7, 11) is 0. The van der Waals surface area contributed by atoms with E-state index in [1.54, 1.807) is 6.07 Å². The van der Waals surface area contributed by atoms with Gasteiger partial charge in [-0.15, -0.1) is 0 Å². The van der Waals surface area contributed by atoms with Gasteiger partial charge in [-0.3, -0.25) is 9.59 Å². The average Bonchev–Trinajstić information content (AvgIpc) is 2.61. The first-order chi connectivity index (χ1) is 12.4. The number of carboxylic acids is 1. The molecule has 2 N–H and O–H groups in total. The first-order valence-electron chi connectivity index (χ1n) is 7.76. The Kier molecular flexibility index (Phi) is 7.40. The van der Waals surface area contributed by atoms with Gasteiger partial charge in [-0.25, -0.2) is 9.48 Å². The van der Waals surface area contributed by atoms with Crippen LogP contribution >= 0.6 is 27.7 Å². The van der Waals surface area contributed by atoms with Gasteiger partial charge < -0.3 is 10.4 Å². The van der Waals surface area contributed by atoms with Crippen LogP contribution in [0, 0.1) is 0 Å². The Morgan fingerprint density at radius 2 is 1.96 bits per heavy atom. The molecule has 0 aliphatic carbocycles. The zero-order valence-electron chi connectivity index (χ0n) is 14.0. The number of aromatic nitrogens is 2. The number of nitrogens with one attached hydrogen (secondary N) is 1. The van der Waals surface area contributed by atoms with Crippen molar-refractivity contribution < 1.29 is 14.7 Å². The fourth-order valence-corrected chi connectivity index (χ4v) is 2.94. The normalized spacial score (nSPS) is 11.8. The topological polar surface area (TPSA) is 101 Å². The number of carbonyl (C=O) groups excluding carboxylic acids is 1. The van der Waals surface area contributed by atoms with E-state index in [-0.39, 0.29) is 6.54 Å². The summed E-state index contributed by atoms with van der Waals surface area (Å²) in [5.74, 6) is -1.06. The molecule has 2 rings (SSSR count). The lowest BCUT2D eigenvalue weighted by Gasteiger charge is -2.14. The molecule has 1 aromatic heterocycles. The zero-order chi connectivity index (χ0) is 19.1. The molecule has 1 unspecified atom stereocenters. The van der Waals surface area contributed by atoms with Crippen LogP contribution in [0.5, 0.6) is 0 Å². The summed E-state index contributed by atoms with van der Waals surface area (Å²) in [4.78, 5) is 35.3. The number of rotatable bonds is 8. The molecule has 1 heterocycles. The average molecular weight is 440 g/mol. The molecule has 0 bridgehead atoms. The first kappa shape index (κ1) is 20.2. The molecule has 0 spiro atoms. The highest BCUT2D eigenvalue weighted by atomic mass is 79.9. The Balaban J connectivity index is 2.14. The van der Waals surface area contributed by atoms with E-state index in [0.29, 0.717) is 17.9 Å². The summed E-state index contributed by atoms with van der Waals surface area (Å²) in [5.41, 5.74) is 0.907. The van der Waals surface area contributed by atoms with Gasteiger partial charge in [-0.05, 0) is 36.6 Å². The van der Waals surface area contributed by atoms with E-state index < -0.39 is 23.5 Å². The van der Waals surface area contributed by atoms with Crippen molar-refractivity contribution in [3.05, 3.63) is 51.2 Å². The molecule has 26 heavy (non-hydrogen) atoms. The molecular formula is C17H18BrN3O4S. The number of halogens is 1. The van der Waals surface area contributed by atoms with Gasteiger partial charge >= 0.3 is 5.97 Å². The highest BCUT2D eigenvalue weighted by Crippen LogP contribution is 2.18. The van der Waals surface area contributed by atoms with Crippen molar-refractivity contribution in [3.8, 4) is 11.3 Å². The number of thioether (sulfide) groups is 1. The largest absolute Gasteiger partial charge is 0.480 e. The summed E-state index contributed by atoms with van der Waals surface area (Å²) >= 11 is 4.85. The molecule has 1 amide bonds. The van der Waals surface area contributed by atoms with Gasteiger partial charge in [0.25, 0.3) is 5.56 Å². The molecule has 7 nitrogen and oxygen atoms in total. The fraction of sp³-hybridized carbons (Fsp3) is 0.294. The maximum Gasteiger partial charge on any atom is 0.326 e. The maximum absolute atomic E-state index is 12.1. The molecule has 2 aromatic rings. The SMILES string of the molecule is CSCCC(NC(=O)Cn1nc(-c2ccc(Br)cc2)ccc1=O)C(=O)O. The summed E-state index contributed by atoms with van der Waals surface area (Å²) in [6.45, 7) is -0.341. The summed E-state index contributed by atoms with van der Waals surface area (Å²) in [6, 6.07) is 9.30. The van der Waals surface area contributed by atoms with Crippen LogP contribution in [-0.4, -0.2) is 44.8 Å². The van der Waals surface area contributed by atoms with Crippen molar-refractivity contribution in [1.29, 1.82) is 0 Å². The molecule has 0 saturated heterocycles. The maximum atomic E-state index is 12.1. The van der Waals surface area contributed by atoms with Crippen LogP contribution in [0.4, 0.5) is 0 Å². The molecule has 138 valence electrons. The number of carboxylic acid groups (broad SMARTS) is 1. The molecular weight excluding hydrogens is 422 g/mol. The summed E-state index contributed by atoms with van der Waals surface area (Å²) in [5, 5.41) is 15.8. The van der Waals surface area contributed by atoms with E-state index in [2.05, 4.69) is 26.3 Å². The summed E-state index contributed by atoms with van der Waals surface area (Å²) < 4.78 is 1.94. The number of carbonyl (C=O) groups is 2. The lowest BCUT2D eigenvalue weighted by molar-refractivity contribution is -0.142. The predicted octanol–water partition coefficient (Wildman–Crippen LogP) is 2.00. The second kappa shape index (κ2) is 9.54. The number of amides is 1. The Labute approximate surface area is 162 Å². The van der Waals surface area contributed by atoms with Gasteiger partial charge in [-0.1, -0.05) is 28.1 Å². The lowest BCUT2D eigenvalue weighted by atomic mass is 10.1. The molecule has 0 aliphatic heterocycles. The smallest absolute Gasteiger partial charge is 0.326 e. The lowest BCUT2D eigenvalue weighted by Crippen LogP contribution is -2.44. The van der Waals surface area contributed by atoms with E-state index in [4.69, 9.17) is 0 Å². The first-order valence-corrected chi connectivity index (χ1v) is 9.94. The van der Waals surface area contributed by atoms with Crippen LogP contribution in [0.3, 0.4) is 0 Å². The highest BCUT2D eigenvalue weighted by molar-refractivity contribution is 9.10. The van der Waals surface area contributed by atoms with Crippen molar-refractivity contribution in [2.75, 3.05) is 12.0 Å². The van der Waals surface area contributed by atoms with Gasteiger partial charge in [0.05, 0.1) is 5.69 Å². The molecule has 0 fully saturated rings. The second-order valence-corrected chi connectivity index (χ2v) is 7.36. The number of aliphatic carboxylic acids is 1. The van der Waals surface area contributed by atoms with Crippen molar-refractivity contribution >= 4 is 39.6 Å². The van der Waals surface area contributed by atoms with Crippen LogP contribution in [-0.2, 0) is 16.1 Å². The standard InChI is InChI=1S/C17H18BrN3O4S/c1-26-9-8-14(17(24)25)19-15(22)10-21-16(23)7-6-13(20-21)11-2-4-12(18)5-3-11/h2-7,14H,8-10H2,1H3,(H,19,22)(H,24,25). The third-order valence-corrected chi connectivity index (χ3v) is 4.72. The number of hydrogen-bond donors (Lipinski definition) is 2. The minimum Gasteiger partial charge on any atom is -0.480 e. The second-order valence-electron chi connectivity index (χ2n) is 5.46. The van der Waals surface area contributed by atoms with Gasteiger partial charge in [0.1, 0.15) is 12.6 Å². The van der Waals surface area contributed by atoms with Crippen LogP contribution < -0.4 is 10.9 Å². The molecule has 0 saturated carbocycles. The monoisotopic (exact) mass is 439 g/mol. The molecule has 0 aliphatic rings. The Morgan fingerprint density at radius 1 is 1.27 bits per heavy atom. The van der Waals surface area contributed by atoms with E-state index in [9.17, 15) is 19.5 Å². The quantitative estimate of drug-likeness (QED) is 0.651. The van der Waals surface area contributed by atoms with Crippen molar-refractivity contribution in [2.24, 2.45) is 0 Å². The third kappa shape index (κ3) is 5.70. The fourth-order valence-electron chi connectivity index (χ4n) is 2.21. The molecule has 9 heteroatoms. The van der Waals surface area contributed by atoms with E-state index >= 15 is 0 Å². The van der Waals surface area contributed by atoms with E-state index in [0.717, 1.165) is 14.7 Å². The van der Waals surface area contributed by atoms with E-state index in [1.807, 2.05) is 30.5 Å². The molecule has 1 atom stereocenters. The van der Waals surface area contributed by atoms with Crippen LogP contribution in [0.1, 0.15) is 6.42 Å². The number of hydrogen-bond acceptors (Lipinski definition) is 5. The van der Waals surface area contributed by atoms with Crippen LogP contribution in [0.25, 0.3) is 11.3 Å². The van der Waals surface area contributed by atoms with Crippen LogP contribution in [0.15, 0.2) is 45.7 Å². The van der Waals surface area contributed by atoms with Gasteiger partial charge in [0.2, 0.25) is 5.91 Å². The Morgan fingerprint density at radius 3 is 2.58 bits per heavy atom. The van der Waals surface area contributed by atoms with Crippen LogP contribution in [0.2, 0.25) is 0 Å². The molecule has 1 aromatic carbocycles. The van der Waals surface area contributed by atoms with Crippen molar-refractivity contribution in [2.45, 2.75) is 19.0 Å². The van der Waals surface area contributed by atoms with Gasteiger partial charge in [0, 0.05) is 16.1 Å². The highest BCUT2D eigenvalue weighted by Gasteiger charge is 2.20. The Hall–Kier alpha value is -2.13. The number of benzene rings is 1. The minimum atomic E-state index is -1.10. The molecule has 0 radical (unpaired) electrons. The summed E-state index contributed by atoms with van der Waals surface area (Å²) in [6.07, 6.45) is 2.17. The van der Waals surface area contributed by atoms with Crippen molar-refractivity contribution in [1.82, 2.24) is 15.1 Å². The Bertz CT molecular complexity index is 839. The van der Waals surface area contributed by atoms with Gasteiger partial charge in [0.15, 0.2) is 0 Å². The van der Waals surface area contributed by atoms with E-state index in [1.165, 1.54) is 17.8 Å². The van der Waals surface area contributed by atoms with Gasteiger partial charge in [-0.2, -0.15) is 16.9 Å². The minimum absolute atomic E-state index is 0.309. The number of nitrogens with zero attached hydrogens (tertiary/aromatic N) is 2.